The smallest absolute Gasteiger partial charge is 0.226 e. The number of nitrogens with two attached hydrogens (primary N) is 1. The van der Waals surface area contributed by atoms with Crippen LogP contribution in [0.25, 0.3) is 0 Å². The molecular formula is C17H23N3O. The lowest BCUT2D eigenvalue weighted by atomic mass is 9.89. The van der Waals surface area contributed by atoms with Gasteiger partial charge in [0.15, 0.2) is 5.82 Å². The molecule has 0 saturated heterocycles. The molecule has 4 heteroatoms. The lowest BCUT2D eigenvalue weighted by Crippen LogP contribution is -2.11. The fourth-order valence-electron chi connectivity index (χ4n) is 3.04. The van der Waals surface area contributed by atoms with Crippen LogP contribution in [0, 0.1) is 0 Å². The van der Waals surface area contributed by atoms with E-state index in [4.69, 9.17) is 10.3 Å². The second-order valence-electron chi connectivity index (χ2n) is 5.94. The third kappa shape index (κ3) is 3.70. The summed E-state index contributed by atoms with van der Waals surface area (Å²) in [7, 11) is 0. The fourth-order valence-corrected chi connectivity index (χ4v) is 3.04. The highest BCUT2D eigenvalue weighted by atomic mass is 16.5. The van der Waals surface area contributed by atoms with Crippen LogP contribution in [-0.2, 0) is 6.42 Å². The summed E-state index contributed by atoms with van der Waals surface area (Å²) in [5.41, 5.74) is 7.36. The van der Waals surface area contributed by atoms with Gasteiger partial charge in [-0.3, -0.25) is 0 Å². The van der Waals surface area contributed by atoms with Gasteiger partial charge >= 0.3 is 0 Å². The van der Waals surface area contributed by atoms with Gasteiger partial charge in [-0.05, 0) is 24.8 Å². The van der Waals surface area contributed by atoms with Crippen molar-refractivity contribution < 1.29 is 4.52 Å². The maximum absolute atomic E-state index is 6.20. The van der Waals surface area contributed by atoms with Crippen molar-refractivity contribution in [3.05, 3.63) is 47.6 Å². The van der Waals surface area contributed by atoms with E-state index >= 15 is 0 Å². The van der Waals surface area contributed by atoms with Gasteiger partial charge in [0.1, 0.15) is 0 Å². The Hall–Kier alpha value is -1.68. The average molecular weight is 285 g/mol. The van der Waals surface area contributed by atoms with Crippen LogP contribution in [0.4, 0.5) is 0 Å². The van der Waals surface area contributed by atoms with Crippen molar-refractivity contribution in [3.63, 3.8) is 0 Å². The van der Waals surface area contributed by atoms with E-state index in [-0.39, 0.29) is 6.04 Å². The number of benzene rings is 1. The lowest BCUT2D eigenvalue weighted by molar-refractivity contribution is 0.353. The number of rotatable bonds is 5. The first-order valence-electron chi connectivity index (χ1n) is 7.96. The minimum atomic E-state index is 0.0243. The number of hydrogen-bond donors (Lipinski definition) is 1. The van der Waals surface area contributed by atoms with E-state index in [2.05, 4.69) is 22.3 Å². The lowest BCUT2D eigenvalue weighted by Gasteiger charge is -2.17. The van der Waals surface area contributed by atoms with Crippen LogP contribution in [0.3, 0.4) is 0 Å². The van der Waals surface area contributed by atoms with Crippen molar-refractivity contribution in [1.82, 2.24) is 10.1 Å². The SMILES string of the molecule is NC(CCc1nc(C2CCCCC2)no1)c1ccccc1. The Balaban J connectivity index is 1.55. The molecule has 1 atom stereocenters. The largest absolute Gasteiger partial charge is 0.339 e. The first-order valence-corrected chi connectivity index (χ1v) is 7.96. The molecule has 1 aliphatic carbocycles. The summed E-state index contributed by atoms with van der Waals surface area (Å²) < 4.78 is 5.39. The Kier molecular flexibility index (Phi) is 4.65. The molecule has 1 aromatic heterocycles. The summed E-state index contributed by atoms with van der Waals surface area (Å²) in [5.74, 6) is 2.12. The highest BCUT2D eigenvalue weighted by Crippen LogP contribution is 2.31. The first kappa shape index (κ1) is 14.3. The molecule has 0 aliphatic heterocycles. The van der Waals surface area contributed by atoms with E-state index in [1.165, 1.54) is 32.1 Å². The molecular weight excluding hydrogens is 262 g/mol. The van der Waals surface area contributed by atoms with Gasteiger partial charge in [-0.2, -0.15) is 4.98 Å². The van der Waals surface area contributed by atoms with E-state index in [1.54, 1.807) is 0 Å². The molecule has 3 rings (SSSR count). The van der Waals surface area contributed by atoms with Crippen molar-refractivity contribution >= 4 is 0 Å². The van der Waals surface area contributed by atoms with Crippen molar-refractivity contribution in [2.24, 2.45) is 5.73 Å². The number of aryl methyl sites for hydroxylation is 1. The molecule has 1 aliphatic rings. The van der Waals surface area contributed by atoms with Gasteiger partial charge in [-0.1, -0.05) is 54.8 Å². The van der Waals surface area contributed by atoms with Gasteiger partial charge in [-0.25, -0.2) is 0 Å². The third-order valence-corrected chi connectivity index (χ3v) is 4.35. The minimum absolute atomic E-state index is 0.0243. The standard InChI is InChI=1S/C17H23N3O/c18-15(13-7-3-1-4-8-13)11-12-16-19-17(20-21-16)14-9-5-2-6-10-14/h1,3-4,7-8,14-15H,2,5-6,9-12,18H2. The number of aromatic nitrogens is 2. The predicted molar refractivity (Wildman–Crippen MR) is 81.8 cm³/mol. The summed E-state index contributed by atoms with van der Waals surface area (Å²) in [6, 6.07) is 10.2. The van der Waals surface area contributed by atoms with Crippen molar-refractivity contribution in [2.75, 3.05) is 0 Å². The van der Waals surface area contributed by atoms with E-state index in [0.29, 0.717) is 5.92 Å². The van der Waals surface area contributed by atoms with Gasteiger partial charge in [0, 0.05) is 18.4 Å². The molecule has 112 valence electrons. The highest BCUT2D eigenvalue weighted by molar-refractivity contribution is 5.18. The molecule has 1 heterocycles. The Morgan fingerprint density at radius 3 is 2.67 bits per heavy atom. The predicted octanol–water partition coefficient (Wildman–Crippen LogP) is 3.75. The maximum atomic E-state index is 6.20. The fraction of sp³-hybridized carbons (Fsp3) is 0.529. The highest BCUT2D eigenvalue weighted by Gasteiger charge is 2.21. The first-order chi connectivity index (χ1) is 10.3. The van der Waals surface area contributed by atoms with Crippen LogP contribution in [0.1, 0.15) is 67.8 Å². The number of nitrogens with zero attached hydrogens (tertiary/aromatic N) is 2. The molecule has 1 saturated carbocycles. The van der Waals surface area contributed by atoms with Crippen LogP contribution >= 0.6 is 0 Å². The normalized spacial score (nSPS) is 17.8. The summed E-state index contributed by atoms with van der Waals surface area (Å²) in [5, 5.41) is 4.16. The quantitative estimate of drug-likeness (QED) is 0.908. The van der Waals surface area contributed by atoms with Gasteiger partial charge in [-0.15, -0.1) is 0 Å². The van der Waals surface area contributed by atoms with Crippen molar-refractivity contribution in [3.8, 4) is 0 Å². The van der Waals surface area contributed by atoms with Crippen LogP contribution < -0.4 is 5.73 Å². The van der Waals surface area contributed by atoms with Crippen LogP contribution in [0.2, 0.25) is 0 Å². The summed E-state index contributed by atoms with van der Waals surface area (Å²) in [6.07, 6.45) is 7.88. The Morgan fingerprint density at radius 2 is 1.90 bits per heavy atom. The summed E-state index contributed by atoms with van der Waals surface area (Å²) in [4.78, 5) is 4.57. The van der Waals surface area contributed by atoms with Crippen LogP contribution in [-0.4, -0.2) is 10.1 Å². The molecule has 1 fully saturated rings. The second kappa shape index (κ2) is 6.85. The van der Waals surface area contributed by atoms with Crippen molar-refractivity contribution in [2.45, 2.75) is 56.9 Å². The zero-order chi connectivity index (χ0) is 14.5. The zero-order valence-electron chi connectivity index (χ0n) is 12.4. The summed E-state index contributed by atoms with van der Waals surface area (Å²) in [6.45, 7) is 0. The molecule has 0 spiro atoms. The monoisotopic (exact) mass is 285 g/mol. The van der Waals surface area contributed by atoms with Gasteiger partial charge < -0.3 is 10.3 Å². The Labute approximate surface area is 125 Å². The molecule has 0 bridgehead atoms. The minimum Gasteiger partial charge on any atom is -0.339 e. The van der Waals surface area contributed by atoms with Crippen LogP contribution in [0.15, 0.2) is 34.9 Å². The van der Waals surface area contributed by atoms with E-state index in [0.717, 1.165) is 30.1 Å². The molecule has 2 aromatic rings. The molecule has 1 aromatic carbocycles. The second-order valence-corrected chi connectivity index (χ2v) is 5.94. The topological polar surface area (TPSA) is 64.9 Å². The van der Waals surface area contributed by atoms with Gasteiger partial charge in [0.25, 0.3) is 0 Å². The molecule has 21 heavy (non-hydrogen) atoms. The van der Waals surface area contributed by atoms with E-state index in [9.17, 15) is 0 Å². The van der Waals surface area contributed by atoms with E-state index < -0.39 is 0 Å². The van der Waals surface area contributed by atoms with Gasteiger partial charge in [0.2, 0.25) is 5.89 Å². The number of hydrogen-bond acceptors (Lipinski definition) is 4. The van der Waals surface area contributed by atoms with Crippen LogP contribution in [0.5, 0.6) is 0 Å². The molecule has 0 amide bonds. The molecule has 4 nitrogen and oxygen atoms in total. The summed E-state index contributed by atoms with van der Waals surface area (Å²) >= 11 is 0. The third-order valence-electron chi connectivity index (χ3n) is 4.35. The maximum Gasteiger partial charge on any atom is 0.226 e. The van der Waals surface area contributed by atoms with Crippen molar-refractivity contribution in [1.29, 1.82) is 0 Å². The molecule has 1 unspecified atom stereocenters. The average Bonchev–Trinajstić information content (AvgIpc) is 3.03. The zero-order valence-corrected chi connectivity index (χ0v) is 12.4. The Bertz CT molecular complexity index is 546. The van der Waals surface area contributed by atoms with E-state index in [1.807, 2.05) is 18.2 Å². The molecule has 2 N–H and O–H groups in total. The Morgan fingerprint density at radius 1 is 1.14 bits per heavy atom. The molecule has 0 radical (unpaired) electrons. The van der Waals surface area contributed by atoms with Gasteiger partial charge in [0.05, 0.1) is 0 Å².